The van der Waals surface area contributed by atoms with Gasteiger partial charge in [0, 0.05) is 48.9 Å². The van der Waals surface area contributed by atoms with Crippen molar-refractivity contribution in [2.24, 2.45) is 16.4 Å². The van der Waals surface area contributed by atoms with Crippen molar-refractivity contribution in [3.63, 3.8) is 0 Å². The van der Waals surface area contributed by atoms with E-state index in [0.29, 0.717) is 19.1 Å². The fourth-order valence-electron chi connectivity index (χ4n) is 5.15. The highest BCUT2D eigenvalue weighted by atomic mass is 79.9. The minimum Gasteiger partial charge on any atom is -0.383 e. The van der Waals surface area contributed by atoms with Crippen LogP contribution in [0.4, 0.5) is 0 Å². The van der Waals surface area contributed by atoms with E-state index in [9.17, 15) is 9.59 Å². The fraction of sp³-hybridized carbons (Fsp3) is 0.519. The Morgan fingerprint density at radius 3 is 2.66 bits per heavy atom. The monoisotopic (exact) mass is 542 g/mol. The van der Waals surface area contributed by atoms with Crippen molar-refractivity contribution in [1.82, 2.24) is 15.2 Å². The SMILES string of the molecule is COCCNC(=O)C1=C(C)C2(C)CN(CC3CCN(C(=O)c4ccc(Br)c(C)c4)CC3)N=C2C=C1. The topological polar surface area (TPSA) is 74.2 Å². The maximum atomic E-state index is 13.0. The molecule has 35 heavy (non-hydrogen) atoms. The maximum Gasteiger partial charge on any atom is 0.253 e. The number of methoxy groups -OCH3 is 1. The Kier molecular flexibility index (Phi) is 7.81. The van der Waals surface area contributed by atoms with Crippen LogP contribution in [0.25, 0.3) is 0 Å². The summed E-state index contributed by atoms with van der Waals surface area (Å²) in [6.45, 7) is 10.4. The number of hydrogen-bond donors (Lipinski definition) is 1. The van der Waals surface area contributed by atoms with Gasteiger partial charge in [-0.25, -0.2) is 0 Å². The van der Waals surface area contributed by atoms with Crippen LogP contribution in [0.5, 0.6) is 0 Å². The van der Waals surface area contributed by atoms with Gasteiger partial charge < -0.3 is 15.0 Å². The van der Waals surface area contributed by atoms with E-state index in [2.05, 4.69) is 33.2 Å². The first-order valence-corrected chi connectivity index (χ1v) is 13.1. The van der Waals surface area contributed by atoms with E-state index < -0.39 is 0 Å². The first-order chi connectivity index (χ1) is 16.7. The second kappa shape index (κ2) is 10.7. The number of halogens is 1. The number of aryl methyl sites for hydroxylation is 1. The predicted molar refractivity (Wildman–Crippen MR) is 141 cm³/mol. The van der Waals surface area contributed by atoms with E-state index in [1.807, 2.05) is 49.1 Å². The predicted octanol–water partition coefficient (Wildman–Crippen LogP) is 3.94. The molecule has 0 spiro atoms. The van der Waals surface area contributed by atoms with Crippen LogP contribution in [-0.2, 0) is 9.53 Å². The van der Waals surface area contributed by atoms with Gasteiger partial charge in [0.25, 0.3) is 11.8 Å². The van der Waals surface area contributed by atoms with Gasteiger partial charge in [-0.2, -0.15) is 5.10 Å². The molecule has 1 N–H and O–H groups in total. The highest BCUT2D eigenvalue weighted by Gasteiger charge is 2.43. The number of likely N-dealkylation sites (tertiary alicyclic amines) is 1. The number of carbonyl (C=O) groups excluding carboxylic acids is 2. The van der Waals surface area contributed by atoms with Crippen molar-refractivity contribution < 1.29 is 14.3 Å². The molecule has 0 radical (unpaired) electrons. The molecule has 188 valence electrons. The Morgan fingerprint density at radius 1 is 1.23 bits per heavy atom. The normalized spacial score (nSPS) is 22.4. The van der Waals surface area contributed by atoms with Crippen molar-refractivity contribution in [1.29, 1.82) is 0 Å². The number of nitrogens with one attached hydrogen (secondary N) is 1. The molecule has 3 aliphatic rings. The van der Waals surface area contributed by atoms with Crippen molar-refractivity contribution in [2.45, 2.75) is 33.6 Å². The molecule has 2 amide bonds. The molecule has 0 bridgehead atoms. The van der Waals surface area contributed by atoms with Crippen molar-refractivity contribution in [3.05, 3.63) is 57.1 Å². The Hall–Kier alpha value is -2.45. The van der Waals surface area contributed by atoms with Gasteiger partial charge >= 0.3 is 0 Å². The molecule has 0 saturated carbocycles. The Morgan fingerprint density at radius 2 is 1.97 bits per heavy atom. The van der Waals surface area contributed by atoms with E-state index in [4.69, 9.17) is 9.84 Å². The van der Waals surface area contributed by atoms with Crippen LogP contribution in [0.2, 0.25) is 0 Å². The number of amides is 2. The second-order valence-electron chi connectivity index (χ2n) is 9.98. The summed E-state index contributed by atoms with van der Waals surface area (Å²) in [6.07, 6.45) is 5.81. The molecule has 1 aliphatic carbocycles. The number of allylic oxidation sites excluding steroid dienone is 1. The summed E-state index contributed by atoms with van der Waals surface area (Å²) in [5.74, 6) is 0.539. The van der Waals surface area contributed by atoms with Crippen LogP contribution in [0.1, 0.15) is 42.6 Å². The summed E-state index contributed by atoms with van der Waals surface area (Å²) in [4.78, 5) is 27.6. The number of carbonyl (C=O) groups is 2. The van der Waals surface area contributed by atoms with Gasteiger partial charge in [0.1, 0.15) is 0 Å². The number of nitrogens with zero attached hydrogens (tertiary/aromatic N) is 3. The molecule has 1 atom stereocenters. The minimum atomic E-state index is -0.265. The summed E-state index contributed by atoms with van der Waals surface area (Å²) < 4.78 is 6.06. The fourth-order valence-corrected chi connectivity index (χ4v) is 5.39. The molecular weight excluding hydrogens is 508 g/mol. The van der Waals surface area contributed by atoms with Crippen molar-refractivity contribution >= 4 is 33.5 Å². The summed E-state index contributed by atoms with van der Waals surface area (Å²) in [5.41, 5.74) is 4.35. The van der Waals surface area contributed by atoms with Gasteiger partial charge in [-0.1, -0.05) is 15.9 Å². The maximum absolute atomic E-state index is 13.0. The summed E-state index contributed by atoms with van der Waals surface area (Å²) in [5, 5.41) is 10.00. The van der Waals surface area contributed by atoms with Gasteiger partial charge in [-0.15, -0.1) is 0 Å². The molecule has 1 unspecified atom stereocenters. The lowest BCUT2D eigenvalue weighted by atomic mass is 9.73. The van der Waals surface area contributed by atoms with E-state index in [0.717, 1.165) is 71.5 Å². The number of fused-ring (bicyclic) bond motifs is 1. The first-order valence-electron chi connectivity index (χ1n) is 12.3. The quantitative estimate of drug-likeness (QED) is 0.529. The first kappa shape index (κ1) is 25.6. The number of hydrogen-bond acceptors (Lipinski definition) is 5. The third-order valence-electron chi connectivity index (χ3n) is 7.56. The molecule has 1 aromatic carbocycles. The molecule has 7 nitrogen and oxygen atoms in total. The molecule has 2 aliphatic heterocycles. The Bertz CT molecular complexity index is 1090. The zero-order chi connectivity index (χ0) is 25.2. The van der Waals surface area contributed by atoms with Crippen molar-refractivity contribution in [3.8, 4) is 0 Å². The Labute approximate surface area is 216 Å². The third-order valence-corrected chi connectivity index (χ3v) is 8.45. The molecule has 0 aromatic heterocycles. The molecule has 1 saturated heterocycles. The van der Waals surface area contributed by atoms with E-state index in [1.165, 1.54) is 0 Å². The average molecular weight is 544 g/mol. The number of benzene rings is 1. The van der Waals surface area contributed by atoms with E-state index >= 15 is 0 Å². The van der Waals surface area contributed by atoms with Gasteiger partial charge in [0.2, 0.25) is 0 Å². The number of hydrazone groups is 1. The third kappa shape index (κ3) is 5.38. The van der Waals surface area contributed by atoms with E-state index in [1.54, 1.807) is 7.11 Å². The van der Waals surface area contributed by atoms with Crippen LogP contribution in [0, 0.1) is 18.3 Å². The molecule has 4 rings (SSSR count). The smallest absolute Gasteiger partial charge is 0.253 e. The molecular formula is C27H35BrN4O3. The zero-order valence-corrected chi connectivity index (χ0v) is 22.7. The van der Waals surface area contributed by atoms with Crippen LogP contribution in [0.3, 0.4) is 0 Å². The number of rotatable bonds is 7. The molecule has 1 fully saturated rings. The summed E-state index contributed by atoms with van der Waals surface area (Å²) in [7, 11) is 1.62. The second-order valence-corrected chi connectivity index (χ2v) is 10.8. The lowest BCUT2D eigenvalue weighted by Crippen LogP contribution is -2.41. The summed E-state index contributed by atoms with van der Waals surface area (Å²) >= 11 is 3.51. The van der Waals surface area contributed by atoms with E-state index in [-0.39, 0.29) is 17.2 Å². The lowest BCUT2D eigenvalue weighted by molar-refractivity contribution is -0.117. The number of piperidine rings is 1. The van der Waals surface area contributed by atoms with Crippen molar-refractivity contribution in [2.75, 3.05) is 46.4 Å². The van der Waals surface area contributed by atoms with Gasteiger partial charge in [-0.3, -0.25) is 14.6 Å². The highest BCUT2D eigenvalue weighted by Crippen LogP contribution is 2.40. The van der Waals surface area contributed by atoms with Gasteiger partial charge in [0.15, 0.2) is 0 Å². The van der Waals surface area contributed by atoms with Gasteiger partial charge in [-0.05, 0) is 81.0 Å². The zero-order valence-electron chi connectivity index (χ0n) is 21.1. The van der Waals surface area contributed by atoms with Crippen LogP contribution in [-0.4, -0.2) is 73.9 Å². The summed E-state index contributed by atoms with van der Waals surface area (Å²) in [6, 6.07) is 5.79. The van der Waals surface area contributed by atoms with Crippen LogP contribution < -0.4 is 5.32 Å². The lowest BCUT2D eigenvalue weighted by Gasteiger charge is -2.35. The van der Waals surface area contributed by atoms with Crippen LogP contribution >= 0.6 is 15.9 Å². The standard InChI is InChI=1S/C27H35BrN4O3/c1-18-15-21(5-7-23(18)28)26(34)31-12-9-20(10-13-31)16-32-17-27(3)19(2)22(6-8-24(27)30-32)25(33)29-11-14-35-4/h5-8,15,20H,9-14,16-17H2,1-4H3,(H,29,33). The minimum absolute atomic E-state index is 0.0625. The molecule has 2 heterocycles. The van der Waals surface area contributed by atoms with Crippen LogP contribution in [0.15, 0.2) is 51.1 Å². The molecule has 1 aromatic rings. The number of ether oxygens (including phenoxy) is 1. The Balaban J connectivity index is 1.33. The largest absolute Gasteiger partial charge is 0.383 e. The van der Waals surface area contributed by atoms with Gasteiger partial charge in [0.05, 0.1) is 24.3 Å². The average Bonchev–Trinajstić information content (AvgIpc) is 3.18. The molecule has 8 heteroatoms. The highest BCUT2D eigenvalue weighted by molar-refractivity contribution is 9.10.